The molecular formula is C18H32N4O. The van der Waals surface area contributed by atoms with Crippen LogP contribution in [0.2, 0.25) is 0 Å². The van der Waals surface area contributed by atoms with Crippen molar-refractivity contribution in [2.24, 2.45) is 0 Å². The Hall–Kier alpha value is -0.910. The van der Waals surface area contributed by atoms with Crippen LogP contribution < -0.4 is 0 Å². The summed E-state index contributed by atoms with van der Waals surface area (Å²) in [6, 6.07) is 0.0915. The summed E-state index contributed by atoms with van der Waals surface area (Å²) < 4.78 is 0. The molecule has 1 spiro atoms. The first-order chi connectivity index (χ1) is 11.1. The largest absolute Gasteiger partial charge is 0.341 e. The van der Waals surface area contributed by atoms with Gasteiger partial charge in [-0.3, -0.25) is 14.6 Å². The predicted molar refractivity (Wildman–Crippen MR) is 93.5 cm³/mol. The van der Waals surface area contributed by atoms with Gasteiger partial charge in [-0.15, -0.1) is 6.58 Å². The van der Waals surface area contributed by atoms with Crippen LogP contribution in [0.4, 0.5) is 0 Å². The number of piperazine rings is 1. The Balaban J connectivity index is 1.60. The first-order valence-electron chi connectivity index (χ1n) is 9.09. The minimum atomic E-state index is 0.0915. The Bertz CT molecular complexity index is 444. The normalized spacial score (nSPS) is 30.0. The SMILES string of the molecule is C=CCN1CCCC1C(=O)N1CCC2(CC1)CN(C)CCN2C. The molecule has 3 saturated heterocycles. The number of piperidine rings is 1. The third-order valence-electron chi connectivity index (χ3n) is 6.21. The Morgan fingerprint density at radius 3 is 2.61 bits per heavy atom. The van der Waals surface area contributed by atoms with Crippen LogP contribution in [0.5, 0.6) is 0 Å². The van der Waals surface area contributed by atoms with Crippen LogP contribution in [0.3, 0.4) is 0 Å². The molecule has 1 atom stereocenters. The Morgan fingerprint density at radius 1 is 1.17 bits per heavy atom. The molecule has 1 amide bonds. The highest BCUT2D eigenvalue weighted by Crippen LogP contribution is 2.32. The van der Waals surface area contributed by atoms with Gasteiger partial charge in [0.05, 0.1) is 6.04 Å². The van der Waals surface area contributed by atoms with Gasteiger partial charge in [-0.2, -0.15) is 0 Å². The van der Waals surface area contributed by atoms with Crippen LogP contribution in [0.1, 0.15) is 25.7 Å². The molecule has 5 nitrogen and oxygen atoms in total. The fraction of sp³-hybridized carbons (Fsp3) is 0.833. The summed E-state index contributed by atoms with van der Waals surface area (Å²) in [5.74, 6) is 0.353. The lowest BCUT2D eigenvalue weighted by Crippen LogP contribution is -2.64. The summed E-state index contributed by atoms with van der Waals surface area (Å²) in [5, 5.41) is 0. The Morgan fingerprint density at radius 2 is 1.91 bits per heavy atom. The van der Waals surface area contributed by atoms with E-state index in [1.807, 2.05) is 6.08 Å². The zero-order valence-electron chi connectivity index (χ0n) is 14.8. The second-order valence-corrected chi connectivity index (χ2v) is 7.65. The lowest BCUT2D eigenvalue weighted by molar-refractivity contribution is -0.139. The van der Waals surface area contributed by atoms with Crippen molar-refractivity contribution in [1.29, 1.82) is 0 Å². The average molecular weight is 320 g/mol. The fourth-order valence-corrected chi connectivity index (χ4v) is 4.64. The minimum absolute atomic E-state index is 0.0915. The fourth-order valence-electron chi connectivity index (χ4n) is 4.64. The van der Waals surface area contributed by atoms with E-state index < -0.39 is 0 Å². The van der Waals surface area contributed by atoms with Crippen molar-refractivity contribution in [3.05, 3.63) is 12.7 Å². The number of likely N-dealkylation sites (N-methyl/N-ethyl adjacent to an activating group) is 2. The highest BCUT2D eigenvalue weighted by molar-refractivity contribution is 5.82. The standard InChI is InChI=1S/C18H32N4O/c1-4-9-21-10-5-6-16(21)17(23)22-11-7-18(8-12-22)15-19(2)13-14-20(18)3/h4,16H,1,5-15H2,2-3H3. The van der Waals surface area contributed by atoms with Gasteiger partial charge in [0.2, 0.25) is 5.91 Å². The number of nitrogens with zero attached hydrogens (tertiary/aromatic N) is 4. The van der Waals surface area contributed by atoms with Crippen LogP contribution in [-0.4, -0.2) is 97.0 Å². The van der Waals surface area contributed by atoms with Gasteiger partial charge in [0, 0.05) is 44.8 Å². The third-order valence-corrected chi connectivity index (χ3v) is 6.21. The van der Waals surface area contributed by atoms with E-state index in [0.717, 1.165) is 71.5 Å². The van der Waals surface area contributed by atoms with Gasteiger partial charge >= 0.3 is 0 Å². The van der Waals surface area contributed by atoms with Crippen LogP contribution in [-0.2, 0) is 4.79 Å². The van der Waals surface area contributed by atoms with Crippen LogP contribution >= 0.6 is 0 Å². The zero-order valence-corrected chi connectivity index (χ0v) is 14.8. The smallest absolute Gasteiger partial charge is 0.239 e. The van der Waals surface area contributed by atoms with Crippen molar-refractivity contribution >= 4 is 5.91 Å². The molecule has 5 heteroatoms. The van der Waals surface area contributed by atoms with E-state index >= 15 is 0 Å². The van der Waals surface area contributed by atoms with Gasteiger partial charge in [-0.25, -0.2) is 0 Å². The minimum Gasteiger partial charge on any atom is -0.341 e. The number of carbonyl (C=O) groups excluding carboxylic acids is 1. The number of amides is 1. The summed E-state index contributed by atoms with van der Waals surface area (Å²) in [7, 11) is 4.48. The lowest BCUT2D eigenvalue weighted by Gasteiger charge is -2.52. The molecule has 0 N–H and O–H groups in total. The van der Waals surface area contributed by atoms with E-state index in [0.29, 0.717) is 5.91 Å². The summed E-state index contributed by atoms with van der Waals surface area (Å²) in [4.78, 5) is 22.3. The molecule has 0 aromatic rings. The Labute approximate surface area is 140 Å². The number of likely N-dealkylation sites (tertiary alicyclic amines) is 2. The monoisotopic (exact) mass is 320 g/mol. The van der Waals surface area contributed by atoms with E-state index in [2.05, 4.69) is 40.3 Å². The van der Waals surface area contributed by atoms with E-state index in [9.17, 15) is 4.79 Å². The van der Waals surface area contributed by atoms with Gasteiger partial charge in [-0.1, -0.05) is 6.08 Å². The Kier molecular flexibility index (Phi) is 5.09. The van der Waals surface area contributed by atoms with Gasteiger partial charge in [0.25, 0.3) is 0 Å². The summed E-state index contributed by atoms with van der Waals surface area (Å²) in [6.45, 7) is 10.9. The molecule has 1 unspecified atom stereocenters. The molecular weight excluding hydrogens is 288 g/mol. The molecule has 0 aliphatic carbocycles. The van der Waals surface area contributed by atoms with Gasteiger partial charge < -0.3 is 9.80 Å². The van der Waals surface area contributed by atoms with Crippen molar-refractivity contribution in [2.45, 2.75) is 37.3 Å². The summed E-state index contributed by atoms with van der Waals surface area (Å²) in [5.41, 5.74) is 0.278. The highest BCUT2D eigenvalue weighted by atomic mass is 16.2. The number of hydrogen-bond donors (Lipinski definition) is 0. The lowest BCUT2D eigenvalue weighted by atomic mass is 9.83. The third kappa shape index (κ3) is 3.32. The quantitative estimate of drug-likeness (QED) is 0.722. The maximum Gasteiger partial charge on any atom is 0.239 e. The zero-order chi connectivity index (χ0) is 16.4. The second kappa shape index (κ2) is 6.91. The van der Waals surface area contributed by atoms with E-state index in [1.54, 1.807) is 0 Å². The van der Waals surface area contributed by atoms with Crippen molar-refractivity contribution in [3.63, 3.8) is 0 Å². The number of hydrogen-bond acceptors (Lipinski definition) is 4. The molecule has 0 saturated carbocycles. The van der Waals surface area contributed by atoms with E-state index in [1.165, 1.54) is 0 Å². The van der Waals surface area contributed by atoms with Gasteiger partial charge in [0.1, 0.15) is 0 Å². The molecule has 3 aliphatic rings. The van der Waals surface area contributed by atoms with Crippen molar-refractivity contribution in [3.8, 4) is 0 Å². The van der Waals surface area contributed by atoms with Crippen LogP contribution in [0.15, 0.2) is 12.7 Å². The van der Waals surface area contributed by atoms with Crippen LogP contribution in [0.25, 0.3) is 0 Å². The first kappa shape index (κ1) is 16.9. The number of carbonyl (C=O) groups is 1. The second-order valence-electron chi connectivity index (χ2n) is 7.65. The van der Waals surface area contributed by atoms with Crippen LogP contribution in [0, 0.1) is 0 Å². The molecule has 0 radical (unpaired) electrons. The van der Waals surface area contributed by atoms with E-state index in [4.69, 9.17) is 0 Å². The summed E-state index contributed by atoms with van der Waals surface area (Å²) in [6.07, 6.45) is 6.28. The molecule has 3 aliphatic heterocycles. The molecule has 3 fully saturated rings. The molecule has 23 heavy (non-hydrogen) atoms. The predicted octanol–water partition coefficient (Wildman–Crippen LogP) is 0.875. The van der Waals surface area contributed by atoms with Crippen molar-refractivity contribution in [2.75, 3.05) is 59.9 Å². The average Bonchev–Trinajstić information content (AvgIpc) is 3.00. The maximum absolute atomic E-state index is 12.9. The molecule has 3 rings (SSSR count). The molecule has 3 heterocycles. The van der Waals surface area contributed by atoms with Gasteiger partial charge in [-0.05, 0) is 46.3 Å². The highest BCUT2D eigenvalue weighted by Gasteiger charge is 2.43. The topological polar surface area (TPSA) is 30.0 Å². The maximum atomic E-state index is 12.9. The van der Waals surface area contributed by atoms with Crippen molar-refractivity contribution < 1.29 is 4.79 Å². The number of rotatable bonds is 3. The summed E-state index contributed by atoms with van der Waals surface area (Å²) >= 11 is 0. The molecule has 0 bridgehead atoms. The first-order valence-corrected chi connectivity index (χ1v) is 9.09. The van der Waals surface area contributed by atoms with Crippen molar-refractivity contribution in [1.82, 2.24) is 19.6 Å². The van der Waals surface area contributed by atoms with Gasteiger partial charge in [0.15, 0.2) is 0 Å². The van der Waals surface area contributed by atoms with E-state index in [-0.39, 0.29) is 11.6 Å². The molecule has 130 valence electrons. The molecule has 0 aromatic heterocycles. The molecule has 0 aromatic carbocycles.